The van der Waals surface area contributed by atoms with Gasteiger partial charge in [0, 0.05) is 20.7 Å². The summed E-state index contributed by atoms with van der Waals surface area (Å²) in [4.78, 5) is 24.7. The van der Waals surface area contributed by atoms with Crippen molar-refractivity contribution >= 4 is 61.1 Å². The average Bonchev–Trinajstić information content (AvgIpc) is 3.09. The van der Waals surface area contributed by atoms with E-state index in [1.807, 2.05) is 17.5 Å². The fourth-order valence-corrected chi connectivity index (χ4v) is 4.74. The van der Waals surface area contributed by atoms with E-state index in [-0.39, 0.29) is 11.7 Å². The van der Waals surface area contributed by atoms with Crippen molar-refractivity contribution in [3.63, 3.8) is 0 Å². The minimum absolute atomic E-state index is 0.0673. The fraction of sp³-hybridized carbons (Fsp3) is 0.0667. The molecule has 0 spiro atoms. The van der Waals surface area contributed by atoms with Crippen LogP contribution in [0.5, 0.6) is 0 Å². The largest absolute Gasteiger partial charge is 0.325 e. The van der Waals surface area contributed by atoms with Crippen LogP contribution >= 0.6 is 34.3 Å². The lowest BCUT2D eigenvalue weighted by molar-refractivity contribution is -0.115. The summed E-state index contributed by atoms with van der Waals surface area (Å²) in [5, 5.41) is 5.11. The number of benzene rings is 1. The summed E-state index contributed by atoms with van der Waals surface area (Å²) in [5.74, 6) is -0.155. The fourth-order valence-electron chi connectivity index (χ4n) is 2.43. The Kier molecular flexibility index (Phi) is 2.89. The first kappa shape index (κ1) is 13.0. The Bertz CT molecular complexity index is 881. The molecule has 3 aromatic rings. The van der Waals surface area contributed by atoms with Crippen LogP contribution in [0.15, 0.2) is 29.6 Å². The van der Waals surface area contributed by atoms with E-state index in [1.165, 1.54) is 11.3 Å². The number of hydrogen-bond donors (Lipinski definition) is 1. The molecule has 0 bridgehead atoms. The van der Waals surface area contributed by atoms with E-state index >= 15 is 0 Å². The molecule has 0 radical (unpaired) electrons. The molecule has 2 aromatic heterocycles. The third-order valence-electron chi connectivity index (χ3n) is 3.43. The Hall–Kier alpha value is -1.69. The zero-order valence-corrected chi connectivity index (χ0v) is 13.0. The number of carbonyl (C=O) groups excluding carboxylic acids is 2. The maximum absolute atomic E-state index is 12.6. The van der Waals surface area contributed by atoms with Crippen LogP contribution in [0.2, 0.25) is 5.02 Å². The molecule has 21 heavy (non-hydrogen) atoms. The number of nitrogens with one attached hydrogen (secondary N) is 1. The van der Waals surface area contributed by atoms with E-state index in [1.54, 1.807) is 23.5 Å². The molecule has 0 saturated heterocycles. The molecule has 1 aromatic carbocycles. The van der Waals surface area contributed by atoms with Crippen LogP contribution in [0, 0.1) is 0 Å². The monoisotopic (exact) mass is 333 g/mol. The molecule has 0 aliphatic carbocycles. The molecule has 3 nitrogen and oxygen atoms in total. The molecule has 1 aliphatic heterocycles. The summed E-state index contributed by atoms with van der Waals surface area (Å²) in [6.45, 7) is 0. The van der Waals surface area contributed by atoms with Gasteiger partial charge in [0.1, 0.15) is 0 Å². The Labute approximate surface area is 133 Å². The van der Waals surface area contributed by atoms with Crippen molar-refractivity contribution in [2.24, 2.45) is 0 Å². The smallest absolute Gasteiger partial charge is 0.228 e. The van der Waals surface area contributed by atoms with Gasteiger partial charge in [0.25, 0.3) is 0 Å². The van der Waals surface area contributed by atoms with Gasteiger partial charge in [-0.25, -0.2) is 0 Å². The first-order valence-electron chi connectivity index (χ1n) is 6.26. The predicted octanol–water partition coefficient (Wildman–Crippen LogP) is 4.34. The number of halogens is 1. The zero-order valence-electron chi connectivity index (χ0n) is 10.6. The SMILES string of the molecule is O=C1Cc2cc(C(=O)c3cc4sccc4s3)c(Cl)cc2N1. The molecule has 104 valence electrons. The van der Waals surface area contributed by atoms with Crippen LogP contribution in [0.25, 0.3) is 9.40 Å². The van der Waals surface area contributed by atoms with Crippen molar-refractivity contribution in [2.45, 2.75) is 6.42 Å². The van der Waals surface area contributed by atoms with Crippen LogP contribution in [-0.4, -0.2) is 11.7 Å². The van der Waals surface area contributed by atoms with E-state index in [9.17, 15) is 9.59 Å². The van der Waals surface area contributed by atoms with E-state index in [0.717, 1.165) is 15.0 Å². The number of carbonyl (C=O) groups is 2. The normalized spacial score (nSPS) is 13.5. The maximum Gasteiger partial charge on any atom is 0.228 e. The van der Waals surface area contributed by atoms with Gasteiger partial charge in [-0.1, -0.05) is 11.6 Å². The number of anilines is 1. The van der Waals surface area contributed by atoms with Crippen molar-refractivity contribution in [1.29, 1.82) is 0 Å². The summed E-state index contributed by atoms with van der Waals surface area (Å²) in [5.41, 5.74) is 1.99. The van der Waals surface area contributed by atoms with Crippen molar-refractivity contribution in [3.8, 4) is 0 Å². The summed E-state index contributed by atoms with van der Waals surface area (Å²) in [7, 11) is 0. The highest BCUT2D eigenvalue weighted by atomic mass is 35.5. The topological polar surface area (TPSA) is 46.2 Å². The van der Waals surface area contributed by atoms with Crippen LogP contribution in [0.4, 0.5) is 5.69 Å². The second-order valence-corrected chi connectivity index (χ2v) is 7.24. The molecule has 0 saturated carbocycles. The van der Waals surface area contributed by atoms with Crippen molar-refractivity contribution in [3.05, 3.63) is 50.7 Å². The van der Waals surface area contributed by atoms with Crippen LogP contribution in [0.1, 0.15) is 20.8 Å². The van der Waals surface area contributed by atoms with Gasteiger partial charge >= 0.3 is 0 Å². The van der Waals surface area contributed by atoms with Gasteiger partial charge in [-0.05, 0) is 35.2 Å². The molecule has 1 amide bonds. The molecular weight excluding hydrogens is 326 g/mol. The molecule has 0 fully saturated rings. The molecule has 0 atom stereocenters. The van der Waals surface area contributed by atoms with Crippen LogP contribution < -0.4 is 5.32 Å². The summed E-state index contributed by atoms with van der Waals surface area (Å²) >= 11 is 9.29. The Morgan fingerprint density at radius 1 is 1.24 bits per heavy atom. The second-order valence-electron chi connectivity index (χ2n) is 4.80. The number of rotatable bonds is 2. The predicted molar refractivity (Wildman–Crippen MR) is 86.9 cm³/mol. The summed E-state index contributed by atoms with van der Waals surface area (Å²) in [6, 6.07) is 7.30. The van der Waals surface area contributed by atoms with Crippen LogP contribution in [0.3, 0.4) is 0 Å². The zero-order chi connectivity index (χ0) is 14.6. The first-order chi connectivity index (χ1) is 10.1. The minimum Gasteiger partial charge on any atom is -0.325 e. The molecular formula is C15H8ClNO2S2. The van der Waals surface area contributed by atoms with Gasteiger partial charge < -0.3 is 5.32 Å². The maximum atomic E-state index is 12.6. The minimum atomic E-state index is -0.0875. The van der Waals surface area contributed by atoms with Crippen molar-refractivity contribution < 1.29 is 9.59 Å². The van der Waals surface area contributed by atoms with Gasteiger partial charge in [0.05, 0.1) is 16.3 Å². The van der Waals surface area contributed by atoms with Gasteiger partial charge in [0.15, 0.2) is 0 Å². The number of amides is 1. The molecule has 1 aliphatic rings. The van der Waals surface area contributed by atoms with E-state index in [4.69, 9.17) is 11.6 Å². The van der Waals surface area contributed by atoms with E-state index in [0.29, 0.717) is 27.6 Å². The first-order valence-corrected chi connectivity index (χ1v) is 8.33. The summed E-state index contributed by atoms with van der Waals surface area (Å²) in [6.07, 6.45) is 0.298. The highest BCUT2D eigenvalue weighted by Crippen LogP contribution is 2.35. The van der Waals surface area contributed by atoms with E-state index < -0.39 is 0 Å². The number of fused-ring (bicyclic) bond motifs is 2. The number of ketones is 1. The van der Waals surface area contributed by atoms with Crippen LogP contribution in [-0.2, 0) is 11.2 Å². The standard InChI is InChI=1S/C15H8ClNO2S2/c16-9-5-10-7(4-14(18)17-10)3-8(9)15(19)13-6-12-11(21-13)1-2-20-12/h1-3,5-6H,4H2,(H,17,18). The summed E-state index contributed by atoms with van der Waals surface area (Å²) < 4.78 is 2.22. The lowest BCUT2D eigenvalue weighted by Crippen LogP contribution is -2.03. The lowest BCUT2D eigenvalue weighted by atomic mass is 10.0. The third-order valence-corrected chi connectivity index (χ3v) is 5.83. The quantitative estimate of drug-likeness (QED) is 0.709. The highest BCUT2D eigenvalue weighted by molar-refractivity contribution is 7.28. The van der Waals surface area contributed by atoms with E-state index in [2.05, 4.69) is 5.32 Å². The lowest BCUT2D eigenvalue weighted by Gasteiger charge is -2.05. The van der Waals surface area contributed by atoms with Crippen molar-refractivity contribution in [1.82, 2.24) is 0 Å². The average molecular weight is 334 g/mol. The highest BCUT2D eigenvalue weighted by Gasteiger charge is 2.23. The van der Waals surface area contributed by atoms with Gasteiger partial charge in [-0.2, -0.15) is 0 Å². The molecule has 0 unspecified atom stereocenters. The Morgan fingerprint density at radius 3 is 2.90 bits per heavy atom. The van der Waals surface area contributed by atoms with Gasteiger partial charge in [-0.15, -0.1) is 22.7 Å². The Morgan fingerprint density at radius 2 is 2.10 bits per heavy atom. The second kappa shape index (κ2) is 4.66. The third kappa shape index (κ3) is 2.09. The van der Waals surface area contributed by atoms with Gasteiger partial charge in [0.2, 0.25) is 11.7 Å². The number of thiophene rings is 2. The van der Waals surface area contributed by atoms with Gasteiger partial charge in [-0.3, -0.25) is 9.59 Å². The Balaban J connectivity index is 1.79. The van der Waals surface area contributed by atoms with Crippen molar-refractivity contribution in [2.75, 3.05) is 5.32 Å². The molecule has 4 rings (SSSR count). The molecule has 3 heterocycles. The molecule has 1 N–H and O–H groups in total. The molecule has 6 heteroatoms. The number of hydrogen-bond acceptors (Lipinski definition) is 4.